The van der Waals surface area contributed by atoms with Crippen molar-refractivity contribution in [3.63, 3.8) is 0 Å². The van der Waals surface area contributed by atoms with E-state index in [0.717, 1.165) is 32.7 Å². The maximum Gasteiger partial charge on any atom is 0.0730 e. The van der Waals surface area contributed by atoms with Crippen LogP contribution in [0.3, 0.4) is 0 Å². The van der Waals surface area contributed by atoms with Gasteiger partial charge in [-0.2, -0.15) is 0 Å². The zero-order chi connectivity index (χ0) is 9.80. The SMILES string of the molecule is ClC1CCCCC=C1N1CCOCC1. The molecular weight excluding hydrogens is 198 g/mol. The quantitative estimate of drug-likeness (QED) is 0.623. The van der Waals surface area contributed by atoms with Gasteiger partial charge in [0.1, 0.15) is 0 Å². The number of nitrogens with zero attached hydrogens (tertiary/aromatic N) is 1. The Morgan fingerprint density at radius 1 is 1.29 bits per heavy atom. The average Bonchev–Trinajstić information content (AvgIpc) is 2.44. The lowest BCUT2D eigenvalue weighted by molar-refractivity contribution is 0.0522. The second-order valence-electron chi connectivity index (χ2n) is 3.98. The third-order valence-corrected chi connectivity index (χ3v) is 3.40. The van der Waals surface area contributed by atoms with E-state index in [-0.39, 0.29) is 5.38 Å². The van der Waals surface area contributed by atoms with Crippen LogP contribution in [0.15, 0.2) is 11.8 Å². The summed E-state index contributed by atoms with van der Waals surface area (Å²) in [5, 5.41) is 0.232. The minimum absolute atomic E-state index is 0.232. The Labute approximate surface area is 90.9 Å². The van der Waals surface area contributed by atoms with Crippen molar-refractivity contribution in [3.8, 4) is 0 Å². The number of hydrogen-bond acceptors (Lipinski definition) is 2. The molecule has 80 valence electrons. The fourth-order valence-corrected chi connectivity index (χ4v) is 2.52. The molecule has 0 amide bonds. The van der Waals surface area contributed by atoms with E-state index in [1.807, 2.05) is 0 Å². The van der Waals surface area contributed by atoms with Crippen LogP contribution >= 0.6 is 11.6 Å². The van der Waals surface area contributed by atoms with E-state index in [2.05, 4.69) is 11.0 Å². The molecule has 1 aliphatic carbocycles. The van der Waals surface area contributed by atoms with Crippen molar-refractivity contribution < 1.29 is 4.74 Å². The first-order valence-corrected chi connectivity index (χ1v) is 5.98. The van der Waals surface area contributed by atoms with Crippen molar-refractivity contribution in [2.45, 2.75) is 31.1 Å². The van der Waals surface area contributed by atoms with Crippen LogP contribution in [0.2, 0.25) is 0 Å². The normalized spacial score (nSPS) is 29.6. The summed E-state index contributed by atoms with van der Waals surface area (Å²) in [6.45, 7) is 3.71. The Kier molecular flexibility index (Phi) is 3.71. The molecule has 0 aromatic rings. The molecule has 1 saturated heterocycles. The predicted molar refractivity (Wildman–Crippen MR) is 58.6 cm³/mol. The highest BCUT2D eigenvalue weighted by Gasteiger charge is 2.21. The van der Waals surface area contributed by atoms with Gasteiger partial charge in [0, 0.05) is 18.8 Å². The lowest BCUT2D eigenvalue weighted by Crippen LogP contribution is -2.38. The van der Waals surface area contributed by atoms with Gasteiger partial charge in [-0.1, -0.05) is 12.5 Å². The standard InChI is InChI=1S/C11H18ClNO/c12-10-4-2-1-3-5-11(10)13-6-8-14-9-7-13/h5,10H,1-4,6-9H2. The molecule has 0 spiro atoms. The number of ether oxygens (including phenoxy) is 1. The molecule has 1 atom stereocenters. The predicted octanol–water partition coefficient (Wildman–Crippen LogP) is 2.38. The molecule has 0 saturated carbocycles. The molecule has 1 unspecified atom stereocenters. The number of allylic oxidation sites excluding steroid dienone is 2. The van der Waals surface area contributed by atoms with Crippen LogP contribution in [-0.2, 0) is 4.74 Å². The molecule has 3 heteroatoms. The molecule has 1 aliphatic heterocycles. The van der Waals surface area contributed by atoms with E-state index < -0.39 is 0 Å². The Morgan fingerprint density at radius 3 is 2.86 bits per heavy atom. The molecular formula is C11H18ClNO. The number of hydrogen-bond donors (Lipinski definition) is 0. The number of alkyl halides is 1. The average molecular weight is 216 g/mol. The summed E-state index contributed by atoms with van der Waals surface area (Å²) in [6.07, 6.45) is 7.20. The lowest BCUT2D eigenvalue weighted by atomic mass is 10.2. The van der Waals surface area contributed by atoms with Crippen LogP contribution in [0.5, 0.6) is 0 Å². The van der Waals surface area contributed by atoms with Gasteiger partial charge in [-0.3, -0.25) is 0 Å². The molecule has 0 aromatic carbocycles. The lowest BCUT2D eigenvalue weighted by Gasteiger charge is -2.32. The first-order valence-electron chi connectivity index (χ1n) is 5.55. The van der Waals surface area contributed by atoms with Gasteiger partial charge in [0.15, 0.2) is 0 Å². The van der Waals surface area contributed by atoms with E-state index >= 15 is 0 Å². The topological polar surface area (TPSA) is 12.5 Å². The van der Waals surface area contributed by atoms with Gasteiger partial charge in [0.2, 0.25) is 0 Å². The third kappa shape index (κ3) is 2.43. The highest BCUT2D eigenvalue weighted by Crippen LogP contribution is 2.25. The van der Waals surface area contributed by atoms with Crippen LogP contribution in [0, 0.1) is 0 Å². The Hall–Kier alpha value is -0.210. The third-order valence-electron chi connectivity index (χ3n) is 2.96. The van der Waals surface area contributed by atoms with Gasteiger partial charge >= 0.3 is 0 Å². The zero-order valence-electron chi connectivity index (χ0n) is 8.54. The highest BCUT2D eigenvalue weighted by molar-refractivity contribution is 6.22. The van der Waals surface area contributed by atoms with Crippen LogP contribution in [-0.4, -0.2) is 36.6 Å². The molecule has 14 heavy (non-hydrogen) atoms. The van der Waals surface area contributed by atoms with E-state index in [1.165, 1.54) is 25.0 Å². The Bertz CT molecular complexity index is 211. The van der Waals surface area contributed by atoms with E-state index in [0.29, 0.717) is 0 Å². The number of halogens is 1. The largest absolute Gasteiger partial charge is 0.378 e. The van der Waals surface area contributed by atoms with Gasteiger partial charge in [-0.05, 0) is 19.3 Å². The molecule has 1 heterocycles. The van der Waals surface area contributed by atoms with Crippen molar-refractivity contribution in [3.05, 3.63) is 11.8 Å². The molecule has 0 N–H and O–H groups in total. The van der Waals surface area contributed by atoms with Crippen molar-refractivity contribution in [1.29, 1.82) is 0 Å². The first kappa shape index (κ1) is 10.3. The van der Waals surface area contributed by atoms with Crippen molar-refractivity contribution in [2.24, 2.45) is 0 Å². The van der Waals surface area contributed by atoms with E-state index in [9.17, 15) is 0 Å². The van der Waals surface area contributed by atoms with Crippen LogP contribution in [0.25, 0.3) is 0 Å². The minimum Gasteiger partial charge on any atom is -0.378 e. The first-order chi connectivity index (χ1) is 6.88. The number of rotatable bonds is 1. The Morgan fingerprint density at radius 2 is 2.07 bits per heavy atom. The summed E-state index contributed by atoms with van der Waals surface area (Å²) in [4.78, 5) is 2.40. The maximum atomic E-state index is 6.37. The number of morpholine rings is 1. The van der Waals surface area contributed by atoms with Crippen molar-refractivity contribution in [2.75, 3.05) is 26.3 Å². The van der Waals surface area contributed by atoms with Crippen molar-refractivity contribution >= 4 is 11.6 Å². The van der Waals surface area contributed by atoms with Gasteiger partial charge in [0.05, 0.1) is 18.6 Å². The maximum absolute atomic E-state index is 6.37. The van der Waals surface area contributed by atoms with Gasteiger partial charge in [-0.25, -0.2) is 0 Å². The molecule has 2 rings (SSSR count). The van der Waals surface area contributed by atoms with Gasteiger partial charge in [0.25, 0.3) is 0 Å². The fourth-order valence-electron chi connectivity index (χ4n) is 2.14. The summed E-state index contributed by atoms with van der Waals surface area (Å²) in [5.41, 5.74) is 1.35. The zero-order valence-corrected chi connectivity index (χ0v) is 9.30. The van der Waals surface area contributed by atoms with E-state index in [4.69, 9.17) is 16.3 Å². The molecule has 0 aromatic heterocycles. The highest BCUT2D eigenvalue weighted by atomic mass is 35.5. The molecule has 2 aliphatic rings. The summed E-state index contributed by atoms with van der Waals surface area (Å²) >= 11 is 6.37. The fraction of sp³-hybridized carbons (Fsp3) is 0.818. The monoisotopic (exact) mass is 215 g/mol. The second kappa shape index (κ2) is 5.04. The molecule has 1 fully saturated rings. The molecule has 2 nitrogen and oxygen atoms in total. The summed E-state index contributed by atoms with van der Waals surface area (Å²) in [6, 6.07) is 0. The van der Waals surface area contributed by atoms with Crippen molar-refractivity contribution in [1.82, 2.24) is 4.90 Å². The second-order valence-corrected chi connectivity index (χ2v) is 4.51. The van der Waals surface area contributed by atoms with E-state index in [1.54, 1.807) is 0 Å². The minimum atomic E-state index is 0.232. The van der Waals surface area contributed by atoms with Gasteiger partial charge < -0.3 is 9.64 Å². The van der Waals surface area contributed by atoms with Gasteiger partial charge in [-0.15, -0.1) is 11.6 Å². The summed E-state index contributed by atoms with van der Waals surface area (Å²) in [5.74, 6) is 0. The molecule has 0 bridgehead atoms. The summed E-state index contributed by atoms with van der Waals surface area (Å²) < 4.78 is 5.35. The smallest absolute Gasteiger partial charge is 0.0730 e. The summed E-state index contributed by atoms with van der Waals surface area (Å²) in [7, 11) is 0. The van der Waals surface area contributed by atoms with Crippen LogP contribution in [0.4, 0.5) is 0 Å². The molecule has 0 radical (unpaired) electrons. The van der Waals surface area contributed by atoms with Crippen LogP contribution < -0.4 is 0 Å². The Balaban J connectivity index is 2.01. The van der Waals surface area contributed by atoms with Crippen LogP contribution in [0.1, 0.15) is 25.7 Å².